The molecule has 0 aliphatic rings. The van der Waals surface area contributed by atoms with E-state index in [1.165, 1.54) is 24.3 Å². The number of hydrogen-bond acceptors (Lipinski definition) is 4. The molecule has 2 aromatic carbocycles. The monoisotopic (exact) mass is 285 g/mol. The Labute approximate surface area is 119 Å². The van der Waals surface area contributed by atoms with E-state index < -0.39 is 0 Å². The van der Waals surface area contributed by atoms with Crippen molar-refractivity contribution >= 4 is 0 Å². The molecule has 0 saturated carbocycles. The van der Waals surface area contributed by atoms with Crippen LogP contribution in [-0.2, 0) is 6.54 Å². The summed E-state index contributed by atoms with van der Waals surface area (Å²) in [5.41, 5.74) is 2.13. The Bertz CT molecular complexity index is 769. The van der Waals surface area contributed by atoms with Gasteiger partial charge in [0.25, 0.3) is 0 Å². The minimum absolute atomic E-state index is 0.183. The first-order valence-electron chi connectivity index (χ1n) is 6.29. The molecule has 1 heterocycles. The van der Waals surface area contributed by atoms with E-state index in [2.05, 4.69) is 10.3 Å². The summed E-state index contributed by atoms with van der Waals surface area (Å²) in [5, 5.41) is 26.8. The number of hydrogen-bond donors (Lipinski definition) is 2. The molecule has 2 N–H and O–H groups in total. The average molecular weight is 285 g/mol. The average Bonchev–Trinajstić information content (AvgIpc) is 2.93. The highest BCUT2D eigenvalue weighted by Gasteiger charge is 2.07. The molecule has 0 unspecified atom stereocenters. The number of rotatable bonds is 3. The summed E-state index contributed by atoms with van der Waals surface area (Å²) in [5.74, 6) is -0.671. The van der Waals surface area contributed by atoms with Gasteiger partial charge in [0.2, 0.25) is 0 Å². The largest absolute Gasteiger partial charge is 0.504 e. The van der Waals surface area contributed by atoms with Crippen molar-refractivity contribution in [2.45, 2.75) is 6.54 Å². The van der Waals surface area contributed by atoms with Crippen molar-refractivity contribution in [1.82, 2.24) is 15.0 Å². The highest BCUT2D eigenvalue weighted by Crippen LogP contribution is 2.29. The Morgan fingerprint density at radius 2 is 1.76 bits per heavy atom. The normalized spacial score (nSPS) is 10.7. The van der Waals surface area contributed by atoms with E-state index in [9.17, 15) is 14.6 Å². The number of phenols is 2. The molecule has 0 radical (unpaired) electrons. The van der Waals surface area contributed by atoms with Crippen molar-refractivity contribution in [3.63, 3.8) is 0 Å². The number of benzene rings is 2. The molecule has 0 amide bonds. The molecule has 0 fully saturated rings. The fraction of sp³-hybridized carbons (Fsp3) is 0.0667. The molecule has 1 aromatic heterocycles. The van der Waals surface area contributed by atoms with Crippen molar-refractivity contribution in [2.75, 3.05) is 0 Å². The van der Waals surface area contributed by atoms with Gasteiger partial charge in [-0.2, -0.15) is 0 Å². The van der Waals surface area contributed by atoms with Gasteiger partial charge in [-0.25, -0.2) is 9.07 Å². The van der Waals surface area contributed by atoms with Crippen LogP contribution in [0.2, 0.25) is 0 Å². The van der Waals surface area contributed by atoms with Crippen LogP contribution < -0.4 is 0 Å². The zero-order valence-corrected chi connectivity index (χ0v) is 10.9. The van der Waals surface area contributed by atoms with Crippen LogP contribution >= 0.6 is 0 Å². The van der Waals surface area contributed by atoms with Crippen LogP contribution in [0, 0.1) is 5.82 Å². The maximum absolute atomic E-state index is 12.8. The van der Waals surface area contributed by atoms with Crippen LogP contribution in [0.25, 0.3) is 11.3 Å². The van der Waals surface area contributed by atoms with Gasteiger partial charge in [0.05, 0.1) is 12.7 Å². The van der Waals surface area contributed by atoms with Gasteiger partial charge in [-0.15, -0.1) is 5.10 Å². The van der Waals surface area contributed by atoms with E-state index in [0.29, 0.717) is 17.8 Å². The smallest absolute Gasteiger partial charge is 0.158 e. The van der Waals surface area contributed by atoms with E-state index in [0.717, 1.165) is 5.56 Å². The first-order valence-corrected chi connectivity index (χ1v) is 6.29. The van der Waals surface area contributed by atoms with Crippen molar-refractivity contribution in [2.24, 2.45) is 0 Å². The second-order valence-corrected chi connectivity index (χ2v) is 4.63. The van der Waals surface area contributed by atoms with Crippen LogP contribution in [-0.4, -0.2) is 25.2 Å². The molecule has 21 heavy (non-hydrogen) atoms. The Morgan fingerprint density at radius 1 is 1.00 bits per heavy atom. The summed E-state index contributed by atoms with van der Waals surface area (Å²) in [6, 6.07) is 10.6. The van der Waals surface area contributed by atoms with Crippen LogP contribution in [0.3, 0.4) is 0 Å². The fourth-order valence-corrected chi connectivity index (χ4v) is 1.97. The molecular formula is C15H12FN3O2. The first-order chi connectivity index (χ1) is 10.1. The predicted molar refractivity (Wildman–Crippen MR) is 74.3 cm³/mol. The number of aromatic hydroxyl groups is 2. The summed E-state index contributed by atoms with van der Waals surface area (Å²) in [4.78, 5) is 0. The lowest BCUT2D eigenvalue weighted by molar-refractivity contribution is 0.404. The van der Waals surface area contributed by atoms with Gasteiger partial charge in [-0.3, -0.25) is 0 Å². The van der Waals surface area contributed by atoms with Crippen molar-refractivity contribution in [1.29, 1.82) is 0 Å². The number of aromatic nitrogens is 3. The lowest BCUT2D eigenvalue weighted by Crippen LogP contribution is -2.00. The van der Waals surface area contributed by atoms with Crippen molar-refractivity contribution in [3.05, 3.63) is 60.0 Å². The van der Waals surface area contributed by atoms with E-state index in [1.807, 2.05) is 0 Å². The quantitative estimate of drug-likeness (QED) is 0.725. The molecule has 6 heteroatoms. The second-order valence-electron chi connectivity index (χ2n) is 4.63. The van der Waals surface area contributed by atoms with Crippen LogP contribution in [0.1, 0.15) is 5.56 Å². The van der Waals surface area contributed by atoms with Crippen LogP contribution in [0.5, 0.6) is 11.5 Å². The van der Waals surface area contributed by atoms with Gasteiger partial charge in [0.15, 0.2) is 11.5 Å². The van der Waals surface area contributed by atoms with Gasteiger partial charge in [-0.1, -0.05) is 17.3 Å². The maximum atomic E-state index is 12.8. The minimum atomic E-state index is -0.280. The van der Waals surface area contributed by atoms with E-state index >= 15 is 0 Å². The lowest BCUT2D eigenvalue weighted by Gasteiger charge is -2.01. The van der Waals surface area contributed by atoms with E-state index in [1.54, 1.807) is 29.1 Å². The zero-order chi connectivity index (χ0) is 14.8. The predicted octanol–water partition coefficient (Wildman–Crippen LogP) is 2.54. The lowest BCUT2D eigenvalue weighted by atomic mass is 10.1. The van der Waals surface area contributed by atoms with Gasteiger partial charge < -0.3 is 10.2 Å². The minimum Gasteiger partial charge on any atom is -0.504 e. The third-order valence-corrected chi connectivity index (χ3v) is 3.07. The Balaban J connectivity index is 1.82. The molecule has 0 aliphatic carbocycles. The summed E-state index contributed by atoms with van der Waals surface area (Å²) < 4.78 is 14.5. The summed E-state index contributed by atoms with van der Waals surface area (Å²) in [7, 11) is 0. The third kappa shape index (κ3) is 2.84. The third-order valence-electron chi connectivity index (χ3n) is 3.07. The van der Waals surface area contributed by atoms with Crippen LogP contribution in [0.15, 0.2) is 48.7 Å². The molecule has 0 spiro atoms. The number of nitrogens with zero attached hydrogens (tertiary/aromatic N) is 3. The first kappa shape index (κ1) is 13.1. The molecule has 3 aromatic rings. The zero-order valence-electron chi connectivity index (χ0n) is 10.9. The van der Waals surface area contributed by atoms with Crippen molar-refractivity contribution < 1.29 is 14.6 Å². The summed E-state index contributed by atoms with van der Waals surface area (Å²) >= 11 is 0. The van der Waals surface area contributed by atoms with Gasteiger partial charge in [0, 0.05) is 5.56 Å². The fourth-order valence-electron chi connectivity index (χ4n) is 1.97. The number of phenolic OH excluding ortho intramolecular Hbond substituents is 2. The molecule has 0 bridgehead atoms. The molecule has 0 atom stereocenters. The SMILES string of the molecule is Oc1ccc(-c2cn(Cc3ccc(F)cc3)nn2)cc1O. The topological polar surface area (TPSA) is 71.2 Å². The summed E-state index contributed by atoms with van der Waals surface area (Å²) in [6.07, 6.45) is 1.72. The van der Waals surface area contributed by atoms with Gasteiger partial charge in [-0.05, 0) is 35.9 Å². The molecule has 3 rings (SSSR count). The van der Waals surface area contributed by atoms with Gasteiger partial charge >= 0.3 is 0 Å². The Kier molecular flexibility index (Phi) is 3.27. The Morgan fingerprint density at radius 3 is 2.48 bits per heavy atom. The standard InChI is InChI=1S/C15H12FN3O2/c16-12-4-1-10(2-5-12)8-19-9-13(17-18-19)11-3-6-14(20)15(21)7-11/h1-7,9,20-21H,8H2. The van der Waals surface area contributed by atoms with Gasteiger partial charge in [0.1, 0.15) is 11.5 Å². The molecule has 5 nitrogen and oxygen atoms in total. The molecule has 0 aliphatic heterocycles. The number of halogens is 1. The Hall–Kier alpha value is -2.89. The molecular weight excluding hydrogens is 273 g/mol. The highest BCUT2D eigenvalue weighted by atomic mass is 19.1. The van der Waals surface area contributed by atoms with E-state index in [4.69, 9.17) is 0 Å². The molecule has 106 valence electrons. The highest BCUT2D eigenvalue weighted by molar-refractivity contribution is 5.62. The second kappa shape index (κ2) is 5.24. The van der Waals surface area contributed by atoms with E-state index in [-0.39, 0.29) is 17.3 Å². The van der Waals surface area contributed by atoms with Crippen molar-refractivity contribution in [3.8, 4) is 22.8 Å². The molecule has 0 saturated heterocycles. The maximum Gasteiger partial charge on any atom is 0.158 e. The summed E-state index contributed by atoms with van der Waals surface area (Å²) in [6.45, 7) is 0.470. The van der Waals surface area contributed by atoms with Crippen LogP contribution in [0.4, 0.5) is 4.39 Å².